The highest BCUT2D eigenvalue weighted by atomic mass is 16.3. The monoisotopic (exact) mass is 236 g/mol. The van der Waals surface area contributed by atoms with Crippen molar-refractivity contribution >= 4 is 5.91 Å². The zero-order chi connectivity index (χ0) is 12.1. The second kappa shape index (κ2) is 5.87. The van der Waals surface area contributed by atoms with E-state index in [4.69, 9.17) is 10.2 Å². The first-order valence-electron chi connectivity index (χ1n) is 6.31. The summed E-state index contributed by atoms with van der Waals surface area (Å²) in [5.41, 5.74) is 6.35. The van der Waals surface area contributed by atoms with Crippen molar-refractivity contribution in [3.05, 3.63) is 24.2 Å². The lowest BCUT2D eigenvalue weighted by Gasteiger charge is -2.30. The molecule has 17 heavy (non-hydrogen) atoms. The molecule has 3 N–H and O–H groups in total. The molecular weight excluding hydrogens is 216 g/mol. The van der Waals surface area contributed by atoms with Crippen LogP contribution in [0.25, 0.3) is 0 Å². The number of hydrogen-bond donors (Lipinski definition) is 2. The Morgan fingerprint density at radius 2 is 2.18 bits per heavy atom. The van der Waals surface area contributed by atoms with Crippen molar-refractivity contribution in [1.29, 1.82) is 0 Å². The third-order valence-electron chi connectivity index (χ3n) is 3.68. The minimum Gasteiger partial charge on any atom is -0.472 e. The van der Waals surface area contributed by atoms with Gasteiger partial charge in [-0.1, -0.05) is 12.8 Å². The van der Waals surface area contributed by atoms with Crippen molar-refractivity contribution in [3.8, 4) is 0 Å². The van der Waals surface area contributed by atoms with Crippen molar-refractivity contribution < 1.29 is 9.21 Å². The number of nitrogens with one attached hydrogen (secondary N) is 1. The number of carbonyl (C=O) groups is 1. The topological polar surface area (TPSA) is 68.3 Å². The number of hydrogen-bond acceptors (Lipinski definition) is 3. The summed E-state index contributed by atoms with van der Waals surface area (Å²) in [4.78, 5) is 11.7. The van der Waals surface area contributed by atoms with Crippen molar-refractivity contribution in [3.63, 3.8) is 0 Å². The number of furan rings is 1. The van der Waals surface area contributed by atoms with Crippen LogP contribution in [-0.4, -0.2) is 19.0 Å². The first-order chi connectivity index (χ1) is 8.31. The first-order valence-corrected chi connectivity index (χ1v) is 6.31. The Morgan fingerprint density at radius 3 is 2.82 bits per heavy atom. The van der Waals surface area contributed by atoms with Crippen LogP contribution in [0.4, 0.5) is 0 Å². The molecule has 1 aliphatic rings. The van der Waals surface area contributed by atoms with Crippen molar-refractivity contribution in [1.82, 2.24) is 5.32 Å². The standard InChI is InChI=1S/C13H20N2O2/c14-7-10-3-1-2-4-11(10)8-15-13(16)12-5-6-17-9-12/h5-6,9-11H,1-4,7-8,14H2,(H,15,16). The number of carbonyl (C=O) groups excluding carboxylic acids is 1. The molecule has 0 aliphatic heterocycles. The van der Waals surface area contributed by atoms with Crippen LogP contribution in [0.2, 0.25) is 0 Å². The van der Waals surface area contributed by atoms with Crippen LogP contribution in [0, 0.1) is 11.8 Å². The van der Waals surface area contributed by atoms with Gasteiger partial charge in [0.25, 0.3) is 5.91 Å². The fraction of sp³-hybridized carbons (Fsp3) is 0.615. The molecule has 2 unspecified atom stereocenters. The third kappa shape index (κ3) is 3.09. The molecule has 1 aliphatic carbocycles. The number of rotatable bonds is 4. The summed E-state index contributed by atoms with van der Waals surface area (Å²) in [6.07, 6.45) is 7.88. The maximum absolute atomic E-state index is 11.7. The van der Waals surface area contributed by atoms with E-state index < -0.39 is 0 Å². The maximum atomic E-state index is 11.7. The van der Waals surface area contributed by atoms with Gasteiger partial charge in [-0.25, -0.2) is 0 Å². The normalized spacial score (nSPS) is 24.5. The van der Waals surface area contributed by atoms with Gasteiger partial charge in [-0.3, -0.25) is 4.79 Å². The molecule has 0 bridgehead atoms. The van der Waals surface area contributed by atoms with E-state index in [0.29, 0.717) is 17.4 Å². The highest BCUT2D eigenvalue weighted by Crippen LogP contribution is 2.28. The molecule has 1 aromatic heterocycles. The zero-order valence-corrected chi connectivity index (χ0v) is 10.0. The fourth-order valence-electron chi connectivity index (χ4n) is 2.58. The van der Waals surface area contributed by atoms with Gasteiger partial charge >= 0.3 is 0 Å². The summed E-state index contributed by atoms with van der Waals surface area (Å²) in [5.74, 6) is 1.04. The van der Waals surface area contributed by atoms with Gasteiger partial charge in [0.15, 0.2) is 0 Å². The summed E-state index contributed by atoms with van der Waals surface area (Å²) < 4.78 is 4.89. The molecule has 0 radical (unpaired) electrons. The Balaban J connectivity index is 1.82. The van der Waals surface area contributed by atoms with Gasteiger partial charge in [0.2, 0.25) is 0 Å². The largest absolute Gasteiger partial charge is 0.472 e. The minimum atomic E-state index is -0.0555. The molecule has 1 heterocycles. The van der Waals surface area contributed by atoms with Crippen molar-refractivity contribution in [2.75, 3.05) is 13.1 Å². The van der Waals surface area contributed by atoms with E-state index in [-0.39, 0.29) is 5.91 Å². The minimum absolute atomic E-state index is 0.0555. The van der Waals surface area contributed by atoms with E-state index >= 15 is 0 Å². The fourth-order valence-corrected chi connectivity index (χ4v) is 2.58. The molecule has 0 aromatic carbocycles. The molecule has 2 atom stereocenters. The van der Waals surface area contributed by atoms with Crippen LogP contribution in [0.5, 0.6) is 0 Å². The summed E-state index contributed by atoms with van der Waals surface area (Å²) in [7, 11) is 0. The lowest BCUT2D eigenvalue weighted by molar-refractivity contribution is 0.0934. The van der Waals surface area contributed by atoms with E-state index in [1.165, 1.54) is 38.2 Å². The Morgan fingerprint density at radius 1 is 1.41 bits per heavy atom. The average Bonchev–Trinajstić information content (AvgIpc) is 2.90. The van der Waals surface area contributed by atoms with Crippen molar-refractivity contribution in [2.45, 2.75) is 25.7 Å². The SMILES string of the molecule is NCC1CCCCC1CNC(=O)c1ccoc1. The Labute approximate surface area is 102 Å². The molecule has 4 heteroatoms. The maximum Gasteiger partial charge on any atom is 0.254 e. The molecule has 1 saturated carbocycles. The molecule has 1 fully saturated rings. The predicted molar refractivity (Wildman–Crippen MR) is 65.5 cm³/mol. The second-order valence-electron chi connectivity index (χ2n) is 4.76. The van der Waals surface area contributed by atoms with Crippen LogP contribution >= 0.6 is 0 Å². The first kappa shape index (κ1) is 12.2. The molecule has 1 aromatic rings. The van der Waals surface area contributed by atoms with Crippen LogP contribution in [0.1, 0.15) is 36.0 Å². The third-order valence-corrected chi connectivity index (χ3v) is 3.68. The number of nitrogens with two attached hydrogens (primary N) is 1. The van der Waals surface area contributed by atoms with E-state index in [9.17, 15) is 4.79 Å². The summed E-state index contributed by atoms with van der Waals surface area (Å²) in [6.45, 7) is 1.46. The molecule has 0 saturated heterocycles. The Hall–Kier alpha value is -1.29. The molecule has 94 valence electrons. The van der Waals surface area contributed by atoms with Crippen LogP contribution < -0.4 is 11.1 Å². The quantitative estimate of drug-likeness (QED) is 0.837. The van der Waals surface area contributed by atoms with Gasteiger partial charge in [-0.15, -0.1) is 0 Å². The van der Waals surface area contributed by atoms with E-state index in [0.717, 1.165) is 13.1 Å². The van der Waals surface area contributed by atoms with E-state index in [2.05, 4.69) is 5.32 Å². The lowest BCUT2D eigenvalue weighted by atomic mass is 9.79. The van der Waals surface area contributed by atoms with Gasteiger partial charge in [0.05, 0.1) is 11.8 Å². The highest BCUT2D eigenvalue weighted by molar-refractivity contribution is 5.93. The second-order valence-corrected chi connectivity index (χ2v) is 4.76. The van der Waals surface area contributed by atoms with Crippen LogP contribution in [0.3, 0.4) is 0 Å². The van der Waals surface area contributed by atoms with E-state index in [1.54, 1.807) is 6.07 Å². The molecule has 0 spiro atoms. The smallest absolute Gasteiger partial charge is 0.254 e. The highest BCUT2D eigenvalue weighted by Gasteiger charge is 2.24. The Bertz CT molecular complexity index is 348. The number of amides is 1. The van der Waals surface area contributed by atoms with Gasteiger partial charge in [-0.2, -0.15) is 0 Å². The van der Waals surface area contributed by atoms with Gasteiger partial charge in [0, 0.05) is 6.54 Å². The van der Waals surface area contributed by atoms with Crippen LogP contribution in [0.15, 0.2) is 23.0 Å². The summed E-state index contributed by atoms with van der Waals surface area (Å²) in [6, 6.07) is 1.68. The lowest BCUT2D eigenvalue weighted by Crippen LogP contribution is -2.36. The summed E-state index contributed by atoms with van der Waals surface area (Å²) >= 11 is 0. The zero-order valence-electron chi connectivity index (χ0n) is 10.0. The molecule has 2 rings (SSSR count). The average molecular weight is 236 g/mol. The predicted octanol–water partition coefficient (Wildman–Crippen LogP) is 1.77. The van der Waals surface area contributed by atoms with Gasteiger partial charge in [-0.05, 0) is 37.3 Å². The van der Waals surface area contributed by atoms with Gasteiger partial charge in [0.1, 0.15) is 6.26 Å². The Kier molecular flexibility index (Phi) is 4.20. The molecule has 4 nitrogen and oxygen atoms in total. The summed E-state index contributed by atoms with van der Waals surface area (Å²) in [5, 5.41) is 2.96. The molecule has 1 amide bonds. The van der Waals surface area contributed by atoms with Crippen LogP contribution in [-0.2, 0) is 0 Å². The van der Waals surface area contributed by atoms with Gasteiger partial charge < -0.3 is 15.5 Å². The van der Waals surface area contributed by atoms with E-state index in [1.807, 2.05) is 0 Å². The van der Waals surface area contributed by atoms with Crippen molar-refractivity contribution in [2.24, 2.45) is 17.6 Å². The molecular formula is C13H20N2O2.